The van der Waals surface area contributed by atoms with Crippen LogP contribution in [-0.4, -0.2) is 18.6 Å². The molecule has 0 aliphatic carbocycles. The first-order chi connectivity index (χ1) is 7.50. The maximum atomic E-state index is 10.7. The summed E-state index contributed by atoms with van der Waals surface area (Å²) in [6, 6.07) is 4.68. The van der Waals surface area contributed by atoms with Crippen molar-refractivity contribution in [2.75, 3.05) is 6.61 Å². The van der Waals surface area contributed by atoms with Crippen molar-refractivity contribution in [3.63, 3.8) is 0 Å². The molecule has 1 amide bonds. The number of hydrogen-bond acceptors (Lipinski definition) is 3. The monoisotopic (exact) mass is 242 g/mol. The number of halogens is 1. The molecule has 16 heavy (non-hydrogen) atoms. The van der Waals surface area contributed by atoms with E-state index in [9.17, 15) is 4.79 Å². The zero-order valence-corrected chi connectivity index (χ0v) is 9.83. The van der Waals surface area contributed by atoms with Crippen molar-refractivity contribution in [1.82, 2.24) is 0 Å². The molecule has 0 saturated heterocycles. The van der Waals surface area contributed by atoms with Gasteiger partial charge in [0.2, 0.25) is 5.91 Å². The van der Waals surface area contributed by atoms with Crippen molar-refractivity contribution in [2.45, 2.75) is 19.4 Å². The van der Waals surface area contributed by atoms with Gasteiger partial charge in [-0.1, -0.05) is 11.6 Å². The summed E-state index contributed by atoms with van der Waals surface area (Å²) in [7, 11) is 0. The molecule has 0 spiro atoms. The van der Waals surface area contributed by atoms with Crippen LogP contribution in [0.5, 0.6) is 5.75 Å². The lowest BCUT2D eigenvalue weighted by Crippen LogP contribution is -2.37. The lowest BCUT2D eigenvalue weighted by Gasteiger charge is -2.11. The highest BCUT2D eigenvalue weighted by Crippen LogP contribution is 2.21. The molecule has 1 rings (SSSR count). The van der Waals surface area contributed by atoms with E-state index in [1.165, 1.54) is 0 Å². The average Bonchev–Trinajstić information content (AvgIpc) is 2.20. The topological polar surface area (TPSA) is 78.3 Å². The molecule has 0 fully saturated rings. The van der Waals surface area contributed by atoms with Gasteiger partial charge in [0.25, 0.3) is 0 Å². The zero-order valence-electron chi connectivity index (χ0n) is 9.07. The van der Waals surface area contributed by atoms with Crippen molar-refractivity contribution in [3.05, 3.63) is 28.8 Å². The molecular formula is C11H15ClN2O2. The van der Waals surface area contributed by atoms with E-state index in [1.54, 1.807) is 12.1 Å². The Morgan fingerprint density at radius 1 is 1.56 bits per heavy atom. The molecule has 88 valence electrons. The first-order valence-corrected chi connectivity index (χ1v) is 5.32. The highest BCUT2D eigenvalue weighted by Gasteiger charge is 2.09. The molecule has 1 atom stereocenters. The molecular weight excluding hydrogens is 228 g/mol. The molecule has 0 saturated carbocycles. The van der Waals surface area contributed by atoms with Gasteiger partial charge in [0.1, 0.15) is 5.75 Å². The van der Waals surface area contributed by atoms with E-state index < -0.39 is 11.9 Å². The van der Waals surface area contributed by atoms with Gasteiger partial charge >= 0.3 is 0 Å². The van der Waals surface area contributed by atoms with Crippen LogP contribution in [0, 0.1) is 6.92 Å². The molecule has 1 unspecified atom stereocenters. The molecule has 1 aromatic carbocycles. The minimum atomic E-state index is -0.660. The number of benzene rings is 1. The number of nitrogens with two attached hydrogens (primary N) is 2. The second-order valence-corrected chi connectivity index (χ2v) is 3.99. The molecule has 0 radical (unpaired) electrons. The number of carbonyl (C=O) groups excluding carboxylic acids is 1. The van der Waals surface area contributed by atoms with Crippen LogP contribution in [0.4, 0.5) is 0 Å². The van der Waals surface area contributed by atoms with E-state index in [0.29, 0.717) is 18.1 Å². The maximum absolute atomic E-state index is 10.7. The molecule has 0 aromatic heterocycles. The Hall–Kier alpha value is -1.26. The molecule has 0 bridgehead atoms. The minimum absolute atomic E-state index is 0.354. The fraction of sp³-hybridized carbons (Fsp3) is 0.364. The summed E-state index contributed by atoms with van der Waals surface area (Å²) in [5.74, 6) is 0.220. The Kier molecular flexibility index (Phi) is 4.58. The smallest absolute Gasteiger partial charge is 0.234 e. The highest BCUT2D eigenvalue weighted by molar-refractivity contribution is 6.30. The van der Waals surface area contributed by atoms with Crippen molar-refractivity contribution in [2.24, 2.45) is 11.5 Å². The predicted molar refractivity (Wildman–Crippen MR) is 63.5 cm³/mol. The Labute approximate surface area is 99.5 Å². The van der Waals surface area contributed by atoms with Gasteiger partial charge in [0.15, 0.2) is 0 Å². The van der Waals surface area contributed by atoms with Crippen LogP contribution in [-0.2, 0) is 4.79 Å². The van der Waals surface area contributed by atoms with E-state index in [4.69, 9.17) is 27.8 Å². The zero-order chi connectivity index (χ0) is 12.1. The Bertz CT molecular complexity index is 382. The van der Waals surface area contributed by atoms with Gasteiger partial charge in [-0.15, -0.1) is 0 Å². The Balaban J connectivity index is 2.46. The van der Waals surface area contributed by atoms with Gasteiger partial charge in [0.05, 0.1) is 12.6 Å². The van der Waals surface area contributed by atoms with Crippen molar-refractivity contribution >= 4 is 17.5 Å². The van der Waals surface area contributed by atoms with Crippen LogP contribution in [0.1, 0.15) is 12.0 Å². The number of rotatable bonds is 5. The summed E-state index contributed by atoms with van der Waals surface area (Å²) in [5, 5.41) is 0.665. The normalized spacial score (nSPS) is 12.2. The van der Waals surface area contributed by atoms with E-state index >= 15 is 0 Å². The number of amides is 1. The van der Waals surface area contributed by atoms with E-state index in [0.717, 1.165) is 11.3 Å². The van der Waals surface area contributed by atoms with E-state index in [1.807, 2.05) is 13.0 Å². The van der Waals surface area contributed by atoms with Gasteiger partial charge in [-0.2, -0.15) is 0 Å². The Morgan fingerprint density at radius 3 is 2.81 bits per heavy atom. The molecule has 1 aromatic rings. The van der Waals surface area contributed by atoms with E-state index in [2.05, 4.69) is 0 Å². The standard InChI is InChI=1S/C11H15ClN2O2/c1-7-6-8(12)2-3-10(7)16-5-4-9(13)11(14)15/h2-3,6,9H,4-5,13H2,1H3,(H2,14,15). The predicted octanol–water partition coefficient (Wildman–Crippen LogP) is 1.23. The second kappa shape index (κ2) is 5.72. The quantitative estimate of drug-likeness (QED) is 0.815. The molecule has 4 N–H and O–H groups in total. The first kappa shape index (κ1) is 12.8. The van der Waals surface area contributed by atoms with Gasteiger partial charge in [-0.3, -0.25) is 4.79 Å². The summed E-state index contributed by atoms with van der Waals surface area (Å²) in [4.78, 5) is 10.7. The van der Waals surface area contributed by atoms with Crippen molar-refractivity contribution in [1.29, 1.82) is 0 Å². The van der Waals surface area contributed by atoms with E-state index in [-0.39, 0.29) is 0 Å². The third-order valence-electron chi connectivity index (χ3n) is 2.19. The third kappa shape index (κ3) is 3.72. The number of carbonyl (C=O) groups is 1. The van der Waals surface area contributed by atoms with Gasteiger partial charge < -0.3 is 16.2 Å². The summed E-state index contributed by atoms with van der Waals surface area (Å²) in [5.41, 5.74) is 11.4. The molecule has 0 aliphatic rings. The largest absolute Gasteiger partial charge is 0.493 e. The Morgan fingerprint density at radius 2 is 2.25 bits per heavy atom. The van der Waals surface area contributed by atoms with Crippen LogP contribution in [0.15, 0.2) is 18.2 Å². The highest BCUT2D eigenvalue weighted by atomic mass is 35.5. The summed E-state index contributed by atoms with van der Waals surface area (Å²) in [6.45, 7) is 2.25. The SMILES string of the molecule is Cc1cc(Cl)ccc1OCCC(N)C(N)=O. The van der Waals surface area contributed by atoms with Crippen molar-refractivity contribution < 1.29 is 9.53 Å². The fourth-order valence-corrected chi connectivity index (χ4v) is 1.44. The number of primary amides is 1. The lowest BCUT2D eigenvalue weighted by atomic mass is 10.2. The summed E-state index contributed by atoms with van der Waals surface area (Å²) in [6.07, 6.45) is 0.400. The number of hydrogen-bond donors (Lipinski definition) is 2. The van der Waals surface area contributed by atoms with Crippen molar-refractivity contribution in [3.8, 4) is 5.75 Å². The lowest BCUT2D eigenvalue weighted by molar-refractivity contribution is -0.119. The molecule has 0 heterocycles. The van der Waals surface area contributed by atoms with Crippen LogP contribution < -0.4 is 16.2 Å². The second-order valence-electron chi connectivity index (χ2n) is 3.56. The minimum Gasteiger partial charge on any atom is -0.493 e. The molecule has 4 nitrogen and oxygen atoms in total. The van der Waals surface area contributed by atoms with Crippen LogP contribution in [0.25, 0.3) is 0 Å². The molecule has 5 heteroatoms. The summed E-state index contributed by atoms with van der Waals surface area (Å²) < 4.78 is 5.47. The van der Waals surface area contributed by atoms with Gasteiger partial charge in [-0.05, 0) is 30.7 Å². The summed E-state index contributed by atoms with van der Waals surface area (Å²) >= 11 is 5.81. The van der Waals surface area contributed by atoms with Crippen LogP contribution >= 0.6 is 11.6 Å². The maximum Gasteiger partial charge on any atom is 0.234 e. The first-order valence-electron chi connectivity index (χ1n) is 4.94. The number of ether oxygens (including phenoxy) is 1. The van der Waals surface area contributed by atoms with Gasteiger partial charge in [-0.25, -0.2) is 0 Å². The fourth-order valence-electron chi connectivity index (χ4n) is 1.21. The van der Waals surface area contributed by atoms with Crippen LogP contribution in [0.3, 0.4) is 0 Å². The van der Waals surface area contributed by atoms with Crippen LogP contribution in [0.2, 0.25) is 5.02 Å². The average molecular weight is 243 g/mol. The number of aryl methyl sites for hydroxylation is 1. The molecule has 0 aliphatic heterocycles. The van der Waals surface area contributed by atoms with Gasteiger partial charge in [0, 0.05) is 11.4 Å². The third-order valence-corrected chi connectivity index (χ3v) is 2.42.